The van der Waals surface area contributed by atoms with E-state index in [9.17, 15) is 4.79 Å². The van der Waals surface area contributed by atoms with Gasteiger partial charge < -0.3 is 15.2 Å². The summed E-state index contributed by atoms with van der Waals surface area (Å²) < 4.78 is 5.16. The number of aliphatic hydroxyl groups excluding tert-OH is 1. The van der Waals surface area contributed by atoms with E-state index in [-0.39, 0.29) is 19.1 Å². The molecule has 1 aromatic rings. The zero-order valence-electron chi connectivity index (χ0n) is 11.1. The van der Waals surface area contributed by atoms with Crippen LogP contribution in [0.15, 0.2) is 24.3 Å². The second kappa shape index (κ2) is 9.15. The van der Waals surface area contributed by atoms with Crippen molar-refractivity contribution in [2.24, 2.45) is 0 Å². The molecule has 0 aliphatic heterocycles. The van der Waals surface area contributed by atoms with Crippen LogP contribution >= 0.6 is 0 Å². The van der Waals surface area contributed by atoms with Crippen LogP contribution in [0.5, 0.6) is 0 Å². The molecule has 0 aliphatic rings. The van der Waals surface area contributed by atoms with E-state index in [0.717, 1.165) is 17.5 Å². The van der Waals surface area contributed by atoms with E-state index in [2.05, 4.69) is 17.2 Å². The highest BCUT2D eigenvalue weighted by atomic mass is 16.5. The first-order chi connectivity index (χ1) is 9.27. The Balaban J connectivity index is 2.50. The minimum absolute atomic E-state index is 0.0817. The Morgan fingerprint density at radius 3 is 2.95 bits per heavy atom. The van der Waals surface area contributed by atoms with Crippen molar-refractivity contribution in [2.45, 2.75) is 19.9 Å². The molecule has 1 amide bonds. The van der Waals surface area contributed by atoms with Crippen LogP contribution in [0, 0.1) is 11.8 Å². The standard InChI is InChI=1S/C15H19NO3/c1-2-10-19-12-15(18)16-11-14-7-4-3-6-13(14)8-5-9-17/h3-4,6-7,17H,2,9-12H2,1H3,(H,16,18). The fourth-order valence-corrected chi connectivity index (χ4v) is 1.49. The van der Waals surface area contributed by atoms with Crippen LogP contribution in [0.4, 0.5) is 0 Å². The minimum atomic E-state index is -0.175. The van der Waals surface area contributed by atoms with Gasteiger partial charge in [-0.05, 0) is 18.1 Å². The molecule has 0 heterocycles. The Morgan fingerprint density at radius 1 is 1.42 bits per heavy atom. The topological polar surface area (TPSA) is 58.6 Å². The van der Waals surface area contributed by atoms with Crippen molar-refractivity contribution in [3.8, 4) is 11.8 Å². The zero-order chi connectivity index (χ0) is 13.9. The first-order valence-corrected chi connectivity index (χ1v) is 6.30. The second-order valence-corrected chi connectivity index (χ2v) is 3.95. The third kappa shape index (κ3) is 6.05. The van der Waals surface area contributed by atoms with Gasteiger partial charge in [0, 0.05) is 18.7 Å². The second-order valence-electron chi connectivity index (χ2n) is 3.95. The predicted octanol–water partition coefficient (Wildman–Crippen LogP) is 1.07. The van der Waals surface area contributed by atoms with Crippen molar-refractivity contribution in [3.63, 3.8) is 0 Å². The molecule has 0 bridgehead atoms. The lowest BCUT2D eigenvalue weighted by Crippen LogP contribution is -2.27. The number of carbonyl (C=O) groups excluding carboxylic acids is 1. The van der Waals surface area contributed by atoms with Crippen LogP contribution in [-0.2, 0) is 16.1 Å². The number of ether oxygens (including phenoxy) is 1. The lowest BCUT2D eigenvalue weighted by molar-refractivity contribution is -0.125. The van der Waals surface area contributed by atoms with Gasteiger partial charge >= 0.3 is 0 Å². The fraction of sp³-hybridized carbons (Fsp3) is 0.400. The summed E-state index contributed by atoms with van der Waals surface area (Å²) in [5.74, 6) is 5.32. The van der Waals surface area contributed by atoms with Crippen LogP contribution in [0.2, 0.25) is 0 Å². The van der Waals surface area contributed by atoms with Crippen molar-refractivity contribution in [2.75, 3.05) is 19.8 Å². The van der Waals surface area contributed by atoms with E-state index in [4.69, 9.17) is 9.84 Å². The first kappa shape index (κ1) is 15.2. The number of carbonyl (C=O) groups is 1. The Labute approximate surface area is 113 Å². The molecular formula is C15H19NO3. The van der Waals surface area contributed by atoms with Crippen LogP contribution < -0.4 is 5.32 Å². The van der Waals surface area contributed by atoms with Gasteiger partial charge in [-0.1, -0.05) is 37.0 Å². The van der Waals surface area contributed by atoms with E-state index in [1.54, 1.807) is 0 Å². The molecule has 102 valence electrons. The maximum absolute atomic E-state index is 11.5. The van der Waals surface area contributed by atoms with Gasteiger partial charge in [-0.3, -0.25) is 4.79 Å². The van der Waals surface area contributed by atoms with Crippen LogP contribution in [0.1, 0.15) is 24.5 Å². The molecule has 0 unspecified atom stereocenters. The van der Waals surface area contributed by atoms with Gasteiger partial charge in [0.25, 0.3) is 0 Å². The van der Waals surface area contributed by atoms with Gasteiger partial charge in [0.15, 0.2) is 0 Å². The summed E-state index contributed by atoms with van der Waals surface area (Å²) in [6, 6.07) is 7.52. The molecule has 4 heteroatoms. The molecule has 1 rings (SSSR count). The third-order valence-corrected chi connectivity index (χ3v) is 2.38. The number of hydrogen-bond acceptors (Lipinski definition) is 3. The maximum atomic E-state index is 11.5. The van der Waals surface area contributed by atoms with Gasteiger partial charge in [0.1, 0.15) is 13.2 Å². The van der Waals surface area contributed by atoms with Crippen molar-refractivity contribution >= 4 is 5.91 Å². The van der Waals surface area contributed by atoms with Gasteiger partial charge in [0.2, 0.25) is 5.91 Å². The Kier molecular flexibility index (Phi) is 7.33. The highest BCUT2D eigenvalue weighted by Gasteiger charge is 2.03. The largest absolute Gasteiger partial charge is 0.384 e. The van der Waals surface area contributed by atoms with Gasteiger partial charge in [0.05, 0.1) is 0 Å². The van der Waals surface area contributed by atoms with Crippen molar-refractivity contribution in [1.82, 2.24) is 5.32 Å². The summed E-state index contributed by atoms with van der Waals surface area (Å²) in [7, 11) is 0. The summed E-state index contributed by atoms with van der Waals surface area (Å²) >= 11 is 0. The Bertz CT molecular complexity index is 460. The monoisotopic (exact) mass is 261 g/mol. The summed E-state index contributed by atoms with van der Waals surface area (Å²) in [5, 5.41) is 11.5. The molecule has 0 aromatic heterocycles. The van der Waals surface area contributed by atoms with Crippen molar-refractivity contribution in [1.29, 1.82) is 0 Å². The van der Waals surface area contributed by atoms with Crippen LogP contribution in [0.25, 0.3) is 0 Å². The lowest BCUT2D eigenvalue weighted by atomic mass is 10.1. The van der Waals surface area contributed by atoms with E-state index in [1.807, 2.05) is 31.2 Å². The molecule has 2 N–H and O–H groups in total. The summed E-state index contributed by atoms with van der Waals surface area (Å²) in [4.78, 5) is 11.5. The van der Waals surface area contributed by atoms with Crippen molar-refractivity contribution < 1.29 is 14.6 Å². The maximum Gasteiger partial charge on any atom is 0.246 e. The van der Waals surface area contributed by atoms with Gasteiger partial charge in [-0.2, -0.15) is 0 Å². The zero-order valence-corrected chi connectivity index (χ0v) is 11.1. The minimum Gasteiger partial charge on any atom is -0.384 e. The number of hydrogen-bond donors (Lipinski definition) is 2. The highest BCUT2D eigenvalue weighted by Crippen LogP contribution is 2.06. The van der Waals surface area contributed by atoms with Crippen LogP contribution in [-0.4, -0.2) is 30.8 Å². The molecule has 4 nitrogen and oxygen atoms in total. The molecule has 0 saturated heterocycles. The molecule has 1 aromatic carbocycles. The average Bonchev–Trinajstić information content (AvgIpc) is 2.44. The number of rotatable bonds is 6. The summed E-state index contributed by atoms with van der Waals surface area (Å²) in [5.41, 5.74) is 1.73. The summed E-state index contributed by atoms with van der Waals surface area (Å²) in [6.07, 6.45) is 0.896. The molecule has 0 aliphatic carbocycles. The van der Waals surface area contributed by atoms with E-state index < -0.39 is 0 Å². The fourth-order valence-electron chi connectivity index (χ4n) is 1.49. The molecule has 0 spiro atoms. The lowest BCUT2D eigenvalue weighted by Gasteiger charge is -2.07. The van der Waals surface area contributed by atoms with Crippen LogP contribution in [0.3, 0.4) is 0 Å². The molecular weight excluding hydrogens is 242 g/mol. The summed E-state index contributed by atoms with van der Waals surface area (Å²) in [6.45, 7) is 2.90. The quantitative estimate of drug-likeness (QED) is 0.595. The molecule has 0 radical (unpaired) electrons. The highest BCUT2D eigenvalue weighted by molar-refractivity contribution is 5.77. The number of benzene rings is 1. The number of nitrogens with one attached hydrogen (secondary N) is 1. The van der Waals surface area contributed by atoms with Gasteiger partial charge in [-0.25, -0.2) is 0 Å². The van der Waals surface area contributed by atoms with Gasteiger partial charge in [-0.15, -0.1) is 0 Å². The first-order valence-electron chi connectivity index (χ1n) is 6.30. The Hall–Kier alpha value is -1.83. The molecule has 0 saturated carbocycles. The molecule has 0 atom stereocenters. The number of amides is 1. The molecule has 0 fully saturated rings. The Morgan fingerprint density at radius 2 is 2.21 bits per heavy atom. The third-order valence-electron chi connectivity index (χ3n) is 2.38. The van der Waals surface area contributed by atoms with Crippen molar-refractivity contribution in [3.05, 3.63) is 35.4 Å². The predicted molar refractivity (Wildman–Crippen MR) is 73.4 cm³/mol. The van der Waals surface area contributed by atoms with E-state index >= 15 is 0 Å². The average molecular weight is 261 g/mol. The SMILES string of the molecule is CCCOCC(=O)NCc1ccccc1C#CCO. The number of aliphatic hydroxyl groups is 1. The van der Waals surface area contributed by atoms with E-state index in [1.165, 1.54) is 0 Å². The smallest absolute Gasteiger partial charge is 0.246 e. The normalized spacial score (nSPS) is 9.58. The molecule has 19 heavy (non-hydrogen) atoms. The van der Waals surface area contributed by atoms with E-state index in [0.29, 0.717) is 13.2 Å².